The SMILES string of the molecule is CCCC(=NO)C(F)(F)F. The van der Waals surface area contributed by atoms with Crippen LogP contribution in [0.2, 0.25) is 0 Å². The second kappa shape index (κ2) is 3.43. The average molecular weight is 155 g/mol. The lowest BCUT2D eigenvalue weighted by Gasteiger charge is -2.05. The largest absolute Gasteiger partial charge is 0.432 e. The van der Waals surface area contributed by atoms with E-state index in [1.54, 1.807) is 6.92 Å². The molecule has 0 saturated heterocycles. The minimum atomic E-state index is -4.48. The van der Waals surface area contributed by atoms with E-state index in [1.807, 2.05) is 0 Å². The van der Waals surface area contributed by atoms with Crippen LogP contribution in [0.25, 0.3) is 0 Å². The van der Waals surface area contributed by atoms with Crippen LogP contribution in [0.1, 0.15) is 19.8 Å². The molecular weight excluding hydrogens is 147 g/mol. The summed E-state index contributed by atoms with van der Waals surface area (Å²) >= 11 is 0. The van der Waals surface area contributed by atoms with Crippen molar-refractivity contribution in [2.75, 3.05) is 0 Å². The van der Waals surface area contributed by atoms with E-state index in [2.05, 4.69) is 5.16 Å². The van der Waals surface area contributed by atoms with Gasteiger partial charge in [0.25, 0.3) is 0 Å². The van der Waals surface area contributed by atoms with Crippen molar-refractivity contribution in [3.63, 3.8) is 0 Å². The van der Waals surface area contributed by atoms with E-state index >= 15 is 0 Å². The Morgan fingerprint density at radius 2 is 2.00 bits per heavy atom. The van der Waals surface area contributed by atoms with E-state index in [1.165, 1.54) is 0 Å². The fourth-order valence-electron chi connectivity index (χ4n) is 0.485. The van der Waals surface area contributed by atoms with Gasteiger partial charge in [-0.1, -0.05) is 18.5 Å². The summed E-state index contributed by atoms with van der Waals surface area (Å²) in [4.78, 5) is 0. The van der Waals surface area contributed by atoms with Crippen molar-refractivity contribution in [2.24, 2.45) is 5.16 Å². The van der Waals surface area contributed by atoms with Gasteiger partial charge in [-0.2, -0.15) is 13.2 Å². The van der Waals surface area contributed by atoms with Crippen LogP contribution in [-0.4, -0.2) is 17.1 Å². The zero-order chi connectivity index (χ0) is 8.20. The van der Waals surface area contributed by atoms with Crippen molar-refractivity contribution in [2.45, 2.75) is 25.9 Å². The minimum absolute atomic E-state index is 0.236. The molecule has 0 atom stereocenters. The highest BCUT2D eigenvalue weighted by atomic mass is 19.4. The molecule has 0 heterocycles. The molecule has 0 radical (unpaired) electrons. The Hall–Kier alpha value is -0.740. The Labute approximate surface area is 56.3 Å². The molecule has 10 heavy (non-hydrogen) atoms. The Morgan fingerprint density at radius 3 is 2.10 bits per heavy atom. The Kier molecular flexibility index (Phi) is 3.18. The molecule has 0 aliphatic rings. The van der Waals surface area contributed by atoms with E-state index < -0.39 is 11.9 Å². The van der Waals surface area contributed by atoms with Gasteiger partial charge in [-0.3, -0.25) is 0 Å². The summed E-state index contributed by atoms with van der Waals surface area (Å²) in [7, 11) is 0. The van der Waals surface area contributed by atoms with Crippen LogP contribution in [-0.2, 0) is 0 Å². The number of hydrogen-bond donors (Lipinski definition) is 1. The molecule has 0 aliphatic carbocycles. The lowest BCUT2D eigenvalue weighted by Crippen LogP contribution is -2.22. The first-order valence-corrected chi connectivity index (χ1v) is 2.80. The third-order valence-corrected chi connectivity index (χ3v) is 0.935. The lowest BCUT2D eigenvalue weighted by atomic mass is 10.2. The summed E-state index contributed by atoms with van der Waals surface area (Å²) in [6.45, 7) is 1.58. The Balaban J connectivity index is 4.10. The van der Waals surface area contributed by atoms with Gasteiger partial charge in [-0.05, 0) is 6.42 Å². The molecule has 0 rings (SSSR count). The molecule has 0 unspecified atom stereocenters. The summed E-state index contributed by atoms with van der Waals surface area (Å²) in [5.74, 6) is 0. The summed E-state index contributed by atoms with van der Waals surface area (Å²) in [6, 6.07) is 0. The van der Waals surface area contributed by atoms with Gasteiger partial charge in [0.05, 0.1) is 0 Å². The monoisotopic (exact) mass is 155 g/mol. The number of nitrogens with zero attached hydrogens (tertiary/aromatic N) is 1. The molecule has 0 spiro atoms. The van der Waals surface area contributed by atoms with Gasteiger partial charge in [-0.25, -0.2) is 0 Å². The first-order valence-electron chi connectivity index (χ1n) is 2.80. The first-order chi connectivity index (χ1) is 4.52. The van der Waals surface area contributed by atoms with E-state index in [4.69, 9.17) is 5.21 Å². The zero-order valence-corrected chi connectivity index (χ0v) is 5.44. The van der Waals surface area contributed by atoms with Crippen molar-refractivity contribution in [3.05, 3.63) is 0 Å². The predicted octanol–water partition coefficient (Wildman–Crippen LogP) is 2.18. The molecule has 0 bridgehead atoms. The Bertz CT molecular complexity index is 129. The van der Waals surface area contributed by atoms with Crippen molar-refractivity contribution in [3.8, 4) is 0 Å². The smallest absolute Gasteiger partial charge is 0.411 e. The van der Waals surface area contributed by atoms with Gasteiger partial charge in [0.1, 0.15) is 0 Å². The maximum atomic E-state index is 11.6. The minimum Gasteiger partial charge on any atom is -0.411 e. The summed E-state index contributed by atoms with van der Waals surface area (Å²) < 4.78 is 34.8. The number of rotatable bonds is 2. The second-order valence-electron chi connectivity index (χ2n) is 1.79. The summed E-state index contributed by atoms with van der Waals surface area (Å²) in [6.07, 6.45) is -4.40. The first kappa shape index (κ1) is 9.26. The van der Waals surface area contributed by atoms with Gasteiger partial charge in [0.15, 0.2) is 5.71 Å². The van der Waals surface area contributed by atoms with E-state index in [0.717, 1.165) is 0 Å². The van der Waals surface area contributed by atoms with Crippen LogP contribution in [0.15, 0.2) is 5.16 Å². The molecule has 0 fully saturated rings. The van der Waals surface area contributed by atoms with Crippen molar-refractivity contribution in [1.82, 2.24) is 0 Å². The molecule has 0 saturated carbocycles. The molecule has 1 N–H and O–H groups in total. The maximum absolute atomic E-state index is 11.6. The van der Waals surface area contributed by atoms with E-state index in [-0.39, 0.29) is 6.42 Å². The number of oxime groups is 1. The van der Waals surface area contributed by atoms with Crippen LogP contribution in [0, 0.1) is 0 Å². The normalized spacial score (nSPS) is 13.8. The van der Waals surface area contributed by atoms with Crippen molar-refractivity contribution >= 4 is 5.71 Å². The standard InChI is InChI=1S/C5H8F3NO/c1-2-3-4(9-10)5(6,7)8/h10H,2-3H2,1H3. The van der Waals surface area contributed by atoms with Gasteiger partial charge >= 0.3 is 6.18 Å². The number of halogens is 3. The zero-order valence-electron chi connectivity index (χ0n) is 5.44. The van der Waals surface area contributed by atoms with E-state index in [9.17, 15) is 13.2 Å². The Morgan fingerprint density at radius 1 is 1.50 bits per heavy atom. The average Bonchev–Trinajstić information content (AvgIpc) is 1.80. The number of hydrogen-bond acceptors (Lipinski definition) is 2. The van der Waals surface area contributed by atoms with Crippen LogP contribution in [0.4, 0.5) is 13.2 Å². The van der Waals surface area contributed by atoms with Gasteiger partial charge < -0.3 is 5.21 Å². The van der Waals surface area contributed by atoms with Crippen LogP contribution < -0.4 is 0 Å². The van der Waals surface area contributed by atoms with Crippen molar-refractivity contribution < 1.29 is 18.4 Å². The molecule has 5 heteroatoms. The fraction of sp³-hybridized carbons (Fsp3) is 0.800. The second-order valence-corrected chi connectivity index (χ2v) is 1.79. The summed E-state index contributed by atoms with van der Waals surface area (Å²) in [5, 5.41) is 10.0. The molecule has 0 aromatic heterocycles. The molecule has 60 valence electrons. The highest BCUT2D eigenvalue weighted by Gasteiger charge is 2.35. The lowest BCUT2D eigenvalue weighted by molar-refractivity contribution is -0.0627. The fourth-order valence-corrected chi connectivity index (χ4v) is 0.485. The van der Waals surface area contributed by atoms with Gasteiger partial charge in [0, 0.05) is 0 Å². The molecule has 0 aromatic rings. The van der Waals surface area contributed by atoms with Crippen molar-refractivity contribution in [1.29, 1.82) is 0 Å². The third-order valence-electron chi connectivity index (χ3n) is 0.935. The summed E-state index contributed by atoms with van der Waals surface area (Å²) in [5.41, 5.74) is -1.12. The predicted molar refractivity (Wildman–Crippen MR) is 30.2 cm³/mol. The van der Waals surface area contributed by atoms with Crippen LogP contribution in [0.3, 0.4) is 0 Å². The highest BCUT2D eigenvalue weighted by Crippen LogP contribution is 2.19. The molecule has 0 aromatic carbocycles. The molecular formula is C5H8F3NO. The topological polar surface area (TPSA) is 32.6 Å². The third kappa shape index (κ3) is 2.70. The maximum Gasteiger partial charge on any atom is 0.432 e. The van der Waals surface area contributed by atoms with Crippen LogP contribution >= 0.6 is 0 Å². The van der Waals surface area contributed by atoms with Crippen LogP contribution in [0.5, 0.6) is 0 Å². The molecule has 0 amide bonds. The molecule has 0 aliphatic heterocycles. The van der Waals surface area contributed by atoms with Gasteiger partial charge in [0.2, 0.25) is 0 Å². The van der Waals surface area contributed by atoms with Gasteiger partial charge in [-0.15, -0.1) is 0 Å². The van der Waals surface area contributed by atoms with E-state index in [0.29, 0.717) is 6.42 Å². The molecule has 2 nitrogen and oxygen atoms in total. The quantitative estimate of drug-likeness (QED) is 0.370. The number of alkyl halides is 3. The highest BCUT2D eigenvalue weighted by molar-refractivity contribution is 5.89.